The number of halogens is 2. The highest BCUT2D eigenvalue weighted by Crippen LogP contribution is 2.24. The SMILES string of the molecule is O=C1CCC[C@H]([C@H](NC(=O)Cc2cc(F)cc(F)c2)C(=O)O)C1. The summed E-state index contributed by atoms with van der Waals surface area (Å²) >= 11 is 0. The van der Waals surface area contributed by atoms with Crippen LogP contribution < -0.4 is 5.32 Å². The number of amides is 1. The van der Waals surface area contributed by atoms with Gasteiger partial charge in [-0.2, -0.15) is 0 Å². The number of aliphatic carboxylic acids is 1. The minimum Gasteiger partial charge on any atom is -0.480 e. The summed E-state index contributed by atoms with van der Waals surface area (Å²) < 4.78 is 26.2. The Morgan fingerprint density at radius 1 is 1.26 bits per heavy atom. The maximum Gasteiger partial charge on any atom is 0.326 e. The molecule has 124 valence electrons. The molecule has 1 aliphatic carbocycles. The summed E-state index contributed by atoms with van der Waals surface area (Å²) in [5, 5.41) is 11.6. The van der Waals surface area contributed by atoms with Gasteiger partial charge in [0, 0.05) is 18.9 Å². The van der Waals surface area contributed by atoms with E-state index in [1.54, 1.807) is 0 Å². The number of ketones is 1. The third-order valence-electron chi connectivity index (χ3n) is 3.86. The van der Waals surface area contributed by atoms with E-state index in [2.05, 4.69) is 5.32 Å². The predicted octanol–water partition coefficient (Wildman–Crippen LogP) is 1.84. The van der Waals surface area contributed by atoms with Crippen molar-refractivity contribution in [3.8, 4) is 0 Å². The summed E-state index contributed by atoms with van der Waals surface area (Å²) in [7, 11) is 0. The molecule has 2 rings (SSSR count). The Labute approximate surface area is 131 Å². The third kappa shape index (κ3) is 4.84. The largest absolute Gasteiger partial charge is 0.480 e. The lowest BCUT2D eigenvalue weighted by Crippen LogP contribution is -2.47. The van der Waals surface area contributed by atoms with Crippen LogP contribution in [0.15, 0.2) is 18.2 Å². The lowest BCUT2D eigenvalue weighted by atomic mass is 9.83. The zero-order valence-electron chi connectivity index (χ0n) is 12.4. The molecule has 0 aliphatic heterocycles. The molecule has 1 saturated carbocycles. The summed E-state index contributed by atoms with van der Waals surface area (Å²) in [6, 6.07) is 1.55. The molecule has 0 saturated heterocycles. The molecule has 2 N–H and O–H groups in total. The van der Waals surface area contributed by atoms with Crippen LogP contribution in [0.3, 0.4) is 0 Å². The zero-order valence-corrected chi connectivity index (χ0v) is 12.4. The first-order valence-corrected chi connectivity index (χ1v) is 7.34. The van der Waals surface area contributed by atoms with Crippen molar-refractivity contribution in [2.75, 3.05) is 0 Å². The molecule has 1 aromatic rings. The topological polar surface area (TPSA) is 83.5 Å². The van der Waals surface area contributed by atoms with Gasteiger partial charge in [0.05, 0.1) is 6.42 Å². The van der Waals surface area contributed by atoms with E-state index in [9.17, 15) is 28.3 Å². The number of carboxylic acids is 1. The van der Waals surface area contributed by atoms with E-state index in [0.29, 0.717) is 25.3 Å². The number of nitrogens with one attached hydrogen (secondary N) is 1. The maximum atomic E-state index is 13.1. The van der Waals surface area contributed by atoms with Crippen molar-refractivity contribution in [1.29, 1.82) is 0 Å². The Morgan fingerprint density at radius 2 is 1.91 bits per heavy atom. The fourth-order valence-electron chi connectivity index (χ4n) is 2.85. The fourth-order valence-corrected chi connectivity index (χ4v) is 2.85. The number of carboxylic acid groups (broad SMARTS) is 1. The highest BCUT2D eigenvalue weighted by Gasteiger charge is 2.33. The van der Waals surface area contributed by atoms with Crippen molar-refractivity contribution in [2.45, 2.75) is 38.1 Å². The van der Waals surface area contributed by atoms with Gasteiger partial charge in [0.15, 0.2) is 0 Å². The molecule has 2 atom stereocenters. The normalized spacial score (nSPS) is 19.2. The van der Waals surface area contributed by atoms with E-state index < -0.39 is 35.5 Å². The van der Waals surface area contributed by atoms with Crippen molar-refractivity contribution >= 4 is 17.7 Å². The molecule has 0 spiro atoms. The minimum atomic E-state index is -1.22. The van der Waals surface area contributed by atoms with Crippen molar-refractivity contribution in [3.63, 3.8) is 0 Å². The summed E-state index contributed by atoms with van der Waals surface area (Å²) in [6.45, 7) is 0. The second-order valence-electron chi connectivity index (χ2n) is 5.73. The van der Waals surface area contributed by atoms with Gasteiger partial charge in [-0.15, -0.1) is 0 Å². The van der Waals surface area contributed by atoms with Gasteiger partial charge in [0.2, 0.25) is 5.91 Å². The van der Waals surface area contributed by atoms with Crippen LogP contribution >= 0.6 is 0 Å². The molecule has 23 heavy (non-hydrogen) atoms. The highest BCUT2D eigenvalue weighted by atomic mass is 19.1. The second-order valence-corrected chi connectivity index (χ2v) is 5.73. The van der Waals surface area contributed by atoms with Crippen molar-refractivity contribution in [1.82, 2.24) is 5.32 Å². The molecule has 0 bridgehead atoms. The fraction of sp³-hybridized carbons (Fsp3) is 0.438. The van der Waals surface area contributed by atoms with Gasteiger partial charge in [-0.1, -0.05) is 0 Å². The number of Topliss-reactive ketones (excluding diaryl/α,β-unsaturated/α-hetero) is 1. The Hall–Kier alpha value is -2.31. The Morgan fingerprint density at radius 3 is 2.48 bits per heavy atom. The molecule has 0 radical (unpaired) electrons. The maximum absolute atomic E-state index is 13.1. The third-order valence-corrected chi connectivity index (χ3v) is 3.86. The van der Waals surface area contributed by atoms with Gasteiger partial charge in [0.25, 0.3) is 0 Å². The average Bonchev–Trinajstić information content (AvgIpc) is 2.43. The van der Waals surface area contributed by atoms with Crippen LogP contribution in [0.25, 0.3) is 0 Å². The lowest BCUT2D eigenvalue weighted by Gasteiger charge is -2.27. The molecule has 0 unspecified atom stereocenters. The van der Waals surface area contributed by atoms with Gasteiger partial charge < -0.3 is 10.4 Å². The van der Waals surface area contributed by atoms with E-state index >= 15 is 0 Å². The van der Waals surface area contributed by atoms with Gasteiger partial charge in [-0.05, 0) is 36.5 Å². The van der Waals surface area contributed by atoms with Crippen LogP contribution in [0.2, 0.25) is 0 Å². The van der Waals surface area contributed by atoms with Crippen LogP contribution in [0.4, 0.5) is 8.78 Å². The molecule has 1 amide bonds. The van der Waals surface area contributed by atoms with Gasteiger partial charge in [-0.25, -0.2) is 13.6 Å². The van der Waals surface area contributed by atoms with E-state index in [1.807, 2.05) is 0 Å². The first-order chi connectivity index (χ1) is 10.8. The van der Waals surface area contributed by atoms with Gasteiger partial charge >= 0.3 is 5.97 Å². The molecular weight excluding hydrogens is 308 g/mol. The number of hydrogen-bond donors (Lipinski definition) is 2. The van der Waals surface area contributed by atoms with Crippen LogP contribution in [-0.2, 0) is 20.8 Å². The average molecular weight is 325 g/mol. The van der Waals surface area contributed by atoms with E-state index in [0.717, 1.165) is 12.1 Å². The van der Waals surface area contributed by atoms with Gasteiger partial charge in [-0.3, -0.25) is 9.59 Å². The Bertz CT molecular complexity index is 612. The molecule has 7 heteroatoms. The molecule has 1 fully saturated rings. The number of carbonyl (C=O) groups is 3. The van der Waals surface area contributed by atoms with Gasteiger partial charge in [0.1, 0.15) is 23.5 Å². The first kappa shape index (κ1) is 17.1. The van der Waals surface area contributed by atoms with Crippen LogP contribution in [-0.4, -0.2) is 28.8 Å². The van der Waals surface area contributed by atoms with Crippen molar-refractivity contribution in [3.05, 3.63) is 35.4 Å². The van der Waals surface area contributed by atoms with E-state index in [4.69, 9.17) is 0 Å². The predicted molar refractivity (Wildman–Crippen MR) is 76.6 cm³/mol. The van der Waals surface area contributed by atoms with Crippen LogP contribution in [0.1, 0.15) is 31.2 Å². The molecule has 0 heterocycles. The number of benzene rings is 1. The monoisotopic (exact) mass is 325 g/mol. The minimum absolute atomic E-state index is 0.0195. The molecule has 5 nitrogen and oxygen atoms in total. The highest BCUT2D eigenvalue weighted by molar-refractivity contribution is 5.86. The number of hydrogen-bond acceptors (Lipinski definition) is 3. The quantitative estimate of drug-likeness (QED) is 0.865. The summed E-state index contributed by atoms with van der Waals surface area (Å²) in [4.78, 5) is 34.8. The lowest BCUT2D eigenvalue weighted by molar-refractivity contribution is -0.144. The Balaban J connectivity index is 2.03. The first-order valence-electron chi connectivity index (χ1n) is 7.34. The van der Waals surface area contributed by atoms with Crippen molar-refractivity contribution in [2.24, 2.45) is 5.92 Å². The zero-order chi connectivity index (χ0) is 17.0. The summed E-state index contributed by atoms with van der Waals surface area (Å²) in [5.74, 6) is -3.96. The summed E-state index contributed by atoms with van der Waals surface area (Å²) in [5.41, 5.74) is 0.115. The number of carbonyl (C=O) groups excluding carboxylic acids is 2. The molecule has 1 aromatic carbocycles. The van der Waals surface area contributed by atoms with Crippen LogP contribution in [0.5, 0.6) is 0 Å². The number of rotatable bonds is 5. The van der Waals surface area contributed by atoms with Crippen LogP contribution in [0, 0.1) is 17.6 Å². The van der Waals surface area contributed by atoms with Crippen molar-refractivity contribution < 1.29 is 28.3 Å². The standard InChI is InChI=1S/C16H17F2NO4/c17-11-4-9(5-12(18)8-11)6-14(21)19-15(16(22)23)10-2-1-3-13(20)7-10/h4-5,8,10,15H,1-3,6-7H2,(H,19,21)(H,22,23)/t10-,15-/m0/s1. The Kier molecular flexibility index (Phi) is 5.41. The molecule has 0 aromatic heterocycles. The second kappa shape index (κ2) is 7.30. The van der Waals surface area contributed by atoms with E-state index in [-0.39, 0.29) is 24.2 Å². The smallest absolute Gasteiger partial charge is 0.326 e. The summed E-state index contributed by atoms with van der Waals surface area (Å²) in [6.07, 6.45) is 1.35. The molecule has 1 aliphatic rings. The molecular formula is C16H17F2NO4. The van der Waals surface area contributed by atoms with E-state index in [1.165, 1.54) is 0 Å².